The minimum absolute atomic E-state index is 0.0169. The van der Waals surface area contributed by atoms with Crippen molar-refractivity contribution in [2.75, 3.05) is 5.32 Å². The molecule has 2 aromatic rings. The molecule has 0 bridgehead atoms. The molecule has 5 rings (SSSR count). The van der Waals surface area contributed by atoms with Gasteiger partial charge in [-0.15, -0.1) is 0 Å². The Labute approximate surface area is 139 Å². The van der Waals surface area contributed by atoms with Crippen LogP contribution in [0.1, 0.15) is 23.5 Å². The minimum atomic E-state index is -0.390. The van der Waals surface area contributed by atoms with Gasteiger partial charge >= 0.3 is 0 Å². The summed E-state index contributed by atoms with van der Waals surface area (Å²) < 4.78 is 0. The molecule has 1 fully saturated rings. The Balaban J connectivity index is 1.72. The summed E-state index contributed by atoms with van der Waals surface area (Å²) in [5, 5.41) is 6.07. The molecule has 2 amide bonds. The summed E-state index contributed by atoms with van der Waals surface area (Å²) in [6.07, 6.45) is 0.808. The average molecular weight is 316 g/mol. The molecule has 3 aliphatic rings. The second-order valence-electron chi connectivity index (χ2n) is 6.62. The predicted octanol–water partition coefficient (Wildman–Crippen LogP) is 2.69. The maximum absolute atomic E-state index is 12.5. The fourth-order valence-electron chi connectivity index (χ4n) is 4.42. The minimum Gasteiger partial charge on any atom is -0.378 e. The van der Waals surface area contributed by atoms with E-state index in [1.54, 1.807) is 0 Å². The summed E-state index contributed by atoms with van der Waals surface area (Å²) in [5.74, 6) is -0.773. The second kappa shape index (κ2) is 4.81. The molecule has 2 N–H and O–H groups in total. The number of para-hydroxylation sites is 1. The van der Waals surface area contributed by atoms with Crippen molar-refractivity contribution >= 4 is 23.1 Å². The van der Waals surface area contributed by atoms with E-state index in [0.29, 0.717) is 5.57 Å². The van der Waals surface area contributed by atoms with Crippen molar-refractivity contribution in [3.8, 4) is 0 Å². The van der Waals surface area contributed by atoms with Gasteiger partial charge in [0.2, 0.25) is 5.91 Å². The van der Waals surface area contributed by atoms with Crippen LogP contribution in [0, 0.1) is 5.92 Å². The normalized spacial score (nSPS) is 27.2. The largest absolute Gasteiger partial charge is 0.378 e. The Kier molecular flexibility index (Phi) is 2.71. The van der Waals surface area contributed by atoms with Gasteiger partial charge in [0.05, 0.1) is 12.0 Å². The van der Waals surface area contributed by atoms with E-state index in [1.807, 2.05) is 54.6 Å². The molecule has 4 nitrogen and oxygen atoms in total. The lowest BCUT2D eigenvalue weighted by atomic mass is 9.70. The monoisotopic (exact) mass is 316 g/mol. The van der Waals surface area contributed by atoms with Crippen molar-refractivity contribution < 1.29 is 9.59 Å². The number of amides is 2. The zero-order valence-electron chi connectivity index (χ0n) is 13.0. The number of imide groups is 1. The summed E-state index contributed by atoms with van der Waals surface area (Å²) >= 11 is 0. The fraction of sp³-hybridized carbons (Fsp3) is 0.200. The summed E-state index contributed by atoms with van der Waals surface area (Å²) in [6, 6.07) is 18.1. The van der Waals surface area contributed by atoms with E-state index in [0.717, 1.165) is 28.8 Å². The molecule has 118 valence electrons. The predicted molar refractivity (Wildman–Crippen MR) is 91.2 cm³/mol. The molecule has 24 heavy (non-hydrogen) atoms. The van der Waals surface area contributed by atoms with E-state index in [1.165, 1.54) is 0 Å². The number of carbonyl (C=O) groups excluding carboxylic acids is 2. The van der Waals surface area contributed by atoms with Gasteiger partial charge in [0.1, 0.15) is 0 Å². The Morgan fingerprint density at radius 3 is 2.46 bits per heavy atom. The van der Waals surface area contributed by atoms with Gasteiger partial charge in [-0.05, 0) is 23.6 Å². The highest BCUT2D eigenvalue weighted by molar-refractivity contribution is 6.20. The van der Waals surface area contributed by atoms with Gasteiger partial charge < -0.3 is 5.32 Å². The van der Waals surface area contributed by atoms with Crippen LogP contribution in [0.3, 0.4) is 0 Å². The molecule has 2 aliphatic heterocycles. The summed E-state index contributed by atoms with van der Waals surface area (Å²) in [7, 11) is 0. The van der Waals surface area contributed by atoms with Crippen molar-refractivity contribution in [2.24, 2.45) is 5.92 Å². The number of anilines is 1. The van der Waals surface area contributed by atoms with Crippen molar-refractivity contribution in [1.82, 2.24) is 5.32 Å². The van der Waals surface area contributed by atoms with Gasteiger partial charge in [-0.1, -0.05) is 48.5 Å². The maximum Gasteiger partial charge on any atom is 0.254 e. The highest BCUT2D eigenvalue weighted by Crippen LogP contribution is 2.51. The Bertz CT molecular complexity index is 901. The fourth-order valence-corrected chi connectivity index (χ4v) is 4.42. The van der Waals surface area contributed by atoms with Crippen LogP contribution >= 0.6 is 0 Å². The summed E-state index contributed by atoms with van der Waals surface area (Å²) in [4.78, 5) is 25.0. The molecule has 0 aromatic heterocycles. The summed E-state index contributed by atoms with van der Waals surface area (Å²) in [6.45, 7) is 0. The van der Waals surface area contributed by atoms with Crippen LogP contribution in [0.5, 0.6) is 0 Å². The Morgan fingerprint density at radius 1 is 0.875 bits per heavy atom. The number of carbonyl (C=O) groups is 2. The van der Waals surface area contributed by atoms with Gasteiger partial charge in [0.15, 0.2) is 0 Å². The van der Waals surface area contributed by atoms with E-state index >= 15 is 0 Å². The molecule has 3 unspecified atom stereocenters. The van der Waals surface area contributed by atoms with Crippen LogP contribution < -0.4 is 10.6 Å². The van der Waals surface area contributed by atoms with Crippen LogP contribution in [-0.4, -0.2) is 17.9 Å². The molecule has 4 heteroatoms. The van der Waals surface area contributed by atoms with E-state index in [4.69, 9.17) is 0 Å². The molecular weight excluding hydrogens is 300 g/mol. The third-order valence-electron chi connectivity index (χ3n) is 5.38. The van der Waals surface area contributed by atoms with Gasteiger partial charge in [0.25, 0.3) is 5.91 Å². The van der Waals surface area contributed by atoms with Crippen molar-refractivity contribution in [3.05, 3.63) is 71.3 Å². The van der Waals surface area contributed by atoms with Crippen molar-refractivity contribution in [3.63, 3.8) is 0 Å². The molecule has 3 atom stereocenters. The first-order chi connectivity index (χ1) is 11.7. The third kappa shape index (κ3) is 1.74. The van der Waals surface area contributed by atoms with Crippen molar-refractivity contribution in [2.45, 2.75) is 18.4 Å². The van der Waals surface area contributed by atoms with Crippen LogP contribution in [0.15, 0.2) is 60.2 Å². The lowest BCUT2D eigenvalue weighted by Crippen LogP contribution is -2.32. The number of rotatable bonds is 1. The third-order valence-corrected chi connectivity index (χ3v) is 5.38. The van der Waals surface area contributed by atoms with Crippen LogP contribution in [0.25, 0.3) is 5.57 Å². The van der Waals surface area contributed by atoms with E-state index < -0.39 is 0 Å². The first-order valence-electron chi connectivity index (χ1n) is 8.24. The molecule has 1 saturated heterocycles. The standard InChI is InChI=1S/C20H16N2O2/c23-19-17-13(11-6-2-1-3-7-11)10-15-16(18(17)20(24)22-19)12-8-4-5-9-14(12)21-15/h1-9,13,15,17,21H,10H2,(H,22,23,24). The van der Waals surface area contributed by atoms with Gasteiger partial charge in [-0.2, -0.15) is 0 Å². The smallest absolute Gasteiger partial charge is 0.254 e. The number of nitrogens with one attached hydrogen (secondary N) is 2. The topological polar surface area (TPSA) is 58.2 Å². The van der Waals surface area contributed by atoms with E-state index in [9.17, 15) is 9.59 Å². The highest BCUT2D eigenvalue weighted by Gasteiger charge is 2.50. The van der Waals surface area contributed by atoms with Crippen LogP contribution in [0.2, 0.25) is 0 Å². The Morgan fingerprint density at radius 2 is 1.62 bits per heavy atom. The first-order valence-corrected chi connectivity index (χ1v) is 8.24. The average Bonchev–Trinajstić information content (AvgIpc) is 3.12. The zero-order valence-corrected chi connectivity index (χ0v) is 13.0. The van der Waals surface area contributed by atoms with Crippen LogP contribution in [0.4, 0.5) is 5.69 Å². The molecule has 0 spiro atoms. The van der Waals surface area contributed by atoms with Gasteiger partial charge in [0, 0.05) is 22.7 Å². The zero-order chi connectivity index (χ0) is 16.3. The quantitative estimate of drug-likeness (QED) is 0.795. The van der Waals surface area contributed by atoms with Crippen LogP contribution in [-0.2, 0) is 9.59 Å². The number of hydrogen-bond donors (Lipinski definition) is 2. The highest BCUT2D eigenvalue weighted by atomic mass is 16.2. The van der Waals surface area contributed by atoms with Gasteiger partial charge in [-0.3, -0.25) is 14.9 Å². The summed E-state index contributed by atoms with van der Waals surface area (Å²) in [5.41, 5.74) is 4.87. The second-order valence-corrected chi connectivity index (χ2v) is 6.62. The SMILES string of the molecule is O=C1NC(=O)C2C1=C1c3ccccc3NC1CC2c1ccccc1. The molecule has 2 aromatic carbocycles. The Hall–Kier alpha value is -2.88. The maximum atomic E-state index is 12.5. The first kappa shape index (κ1) is 13.5. The van der Waals surface area contributed by atoms with Crippen molar-refractivity contribution in [1.29, 1.82) is 0 Å². The number of hydrogen-bond acceptors (Lipinski definition) is 3. The lowest BCUT2D eigenvalue weighted by molar-refractivity contribution is -0.125. The number of benzene rings is 2. The lowest BCUT2D eigenvalue weighted by Gasteiger charge is -2.32. The molecule has 0 saturated carbocycles. The van der Waals surface area contributed by atoms with E-state index in [2.05, 4.69) is 10.6 Å². The molecular formula is C20H16N2O2. The van der Waals surface area contributed by atoms with E-state index in [-0.39, 0.29) is 29.7 Å². The van der Waals surface area contributed by atoms with Gasteiger partial charge in [-0.25, -0.2) is 0 Å². The molecule has 1 aliphatic carbocycles. The molecule has 2 heterocycles. The number of fused-ring (bicyclic) bond motifs is 4. The molecule has 0 radical (unpaired) electrons.